The van der Waals surface area contributed by atoms with Crippen molar-refractivity contribution in [3.63, 3.8) is 0 Å². The van der Waals surface area contributed by atoms with Gasteiger partial charge in [-0.15, -0.1) is 0 Å². The maximum Gasteiger partial charge on any atom is 0.246 e. The van der Waals surface area contributed by atoms with E-state index >= 15 is 0 Å². The summed E-state index contributed by atoms with van der Waals surface area (Å²) in [5.41, 5.74) is 2.40. The molecule has 1 aromatic carbocycles. The van der Waals surface area contributed by atoms with Crippen molar-refractivity contribution < 1.29 is 13.2 Å². The first-order valence-electron chi connectivity index (χ1n) is 8.07. The molecule has 1 amide bonds. The molecule has 6 heteroatoms. The van der Waals surface area contributed by atoms with Gasteiger partial charge >= 0.3 is 0 Å². The fraction of sp³-hybridized carbons (Fsp3) is 0.588. The zero-order chi connectivity index (χ0) is 17.2. The Balaban J connectivity index is 2.39. The Labute approximate surface area is 139 Å². The molecule has 1 saturated heterocycles. The van der Waals surface area contributed by atoms with Crippen LogP contribution in [-0.2, 0) is 14.8 Å². The molecule has 0 N–H and O–H groups in total. The van der Waals surface area contributed by atoms with Gasteiger partial charge in [0.1, 0.15) is 6.04 Å². The SMILES string of the molecule is Cc1ccc(C)c(N([C@@H](C)C(=O)N2CCCCC2)S(C)(=O)=O)c1. The smallest absolute Gasteiger partial charge is 0.246 e. The number of benzene rings is 1. The largest absolute Gasteiger partial charge is 0.341 e. The Morgan fingerprint density at radius 3 is 2.35 bits per heavy atom. The van der Waals surface area contributed by atoms with Crippen LogP contribution < -0.4 is 4.31 Å². The molecule has 0 aliphatic carbocycles. The van der Waals surface area contributed by atoms with Gasteiger partial charge in [-0.1, -0.05) is 12.1 Å². The van der Waals surface area contributed by atoms with Crippen LogP contribution in [0.3, 0.4) is 0 Å². The van der Waals surface area contributed by atoms with Gasteiger partial charge in [-0.05, 0) is 57.2 Å². The Morgan fingerprint density at radius 1 is 1.17 bits per heavy atom. The lowest BCUT2D eigenvalue weighted by Crippen LogP contribution is -2.50. The molecular weight excluding hydrogens is 312 g/mol. The predicted molar refractivity (Wildman–Crippen MR) is 93.1 cm³/mol. The Kier molecular flexibility index (Phi) is 5.34. The van der Waals surface area contributed by atoms with E-state index in [-0.39, 0.29) is 5.91 Å². The number of hydrogen-bond donors (Lipinski definition) is 0. The van der Waals surface area contributed by atoms with Crippen LogP contribution in [0.15, 0.2) is 18.2 Å². The van der Waals surface area contributed by atoms with Gasteiger partial charge in [0.05, 0.1) is 11.9 Å². The molecule has 1 atom stereocenters. The maximum atomic E-state index is 12.8. The first-order valence-corrected chi connectivity index (χ1v) is 9.92. The number of anilines is 1. The number of carbonyl (C=O) groups is 1. The van der Waals surface area contributed by atoms with Gasteiger partial charge in [0.15, 0.2) is 0 Å². The minimum atomic E-state index is -3.55. The number of likely N-dealkylation sites (tertiary alicyclic amines) is 1. The van der Waals surface area contributed by atoms with Crippen LogP contribution in [0.25, 0.3) is 0 Å². The molecule has 0 radical (unpaired) electrons. The van der Waals surface area contributed by atoms with Crippen LogP contribution in [0.5, 0.6) is 0 Å². The van der Waals surface area contributed by atoms with Gasteiger partial charge in [0, 0.05) is 13.1 Å². The van der Waals surface area contributed by atoms with E-state index in [9.17, 15) is 13.2 Å². The summed E-state index contributed by atoms with van der Waals surface area (Å²) in [7, 11) is -3.55. The molecule has 128 valence electrons. The van der Waals surface area contributed by atoms with E-state index < -0.39 is 16.1 Å². The van der Waals surface area contributed by atoms with Crippen molar-refractivity contribution in [1.82, 2.24) is 4.90 Å². The van der Waals surface area contributed by atoms with E-state index in [1.54, 1.807) is 11.8 Å². The van der Waals surface area contributed by atoms with Crippen LogP contribution in [0.2, 0.25) is 0 Å². The molecule has 1 aromatic rings. The minimum absolute atomic E-state index is 0.115. The lowest BCUT2D eigenvalue weighted by atomic mass is 10.1. The van der Waals surface area contributed by atoms with Crippen molar-refractivity contribution in [1.29, 1.82) is 0 Å². The molecule has 0 saturated carbocycles. The molecule has 1 aliphatic rings. The highest BCUT2D eigenvalue weighted by Gasteiger charge is 2.33. The third-order valence-corrected chi connectivity index (χ3v) is 5.56. The molecule has 5 nitrogen and oxygen atoms in total. The monoisotopic (exact) mass is 338 g/mol. The summed E-state index contributed by atoms with van der Waals surface area (Å²) in [6.07, 6.45) is 4.27. The quantitative estimate of drug-likeness (QED) is 0.847. The molecule has 23 heavy (non-hydrogen) atoms. The van der Waals surface area contributed by atoms with Gasteiger partial charge in [-0.2, -0.15) is 0 Å². The molecule has 0 aromatic heterocycles. The third kappa shape index (κ3) is 4.05. The number of piperidine rings is 1. The molecular formula is C17H26N2O3S. The number of rotatable bonds is 4. The normalized spacial score (nSPS) is 17.0. The number of nitrogens with zero attached hydrogens (tertiary/aromatic N) is 2. The van der Waals surface area contributed by atoms with Crippen molar-refractivity contribution in [2.24, 2.45) is 0 Å². The summed E-state index contributed by atoms with van der Waals surface area (Å²) < 4.78 is 26.0. The Morgan fingerprint density at radius 2 is 1.78 bits per heavy atom. The number of sulfonamides is 1. The van der Waals surface area contributed by atoms with Crippen molar-refractivity contribution in [3.05, 3.63) is 29.3 Å². The highest BCUT2D eigenvalue weighted by molar-refractivity contribution is 7.92. The molecule has 1 heterocycles. The first kappa shape index (κ1) is 17.8. The van der Waals surface area contributed by atoms with Gasteiger partial charge in [-0.3, -0.25) is 9.10 Å². The van der Waals surface area contributed by atoms with Gasteiger partial charge in [0.2, 0.25) is 15.9 Å². The predicted octanol–water partition coefficient (Wildman–Crippen LogP) is 2.47. The molecule has 1 aliphatic heterocycles. The van der Waals surface area contributed by atoms with Crippen LogP contribution in [0, 0.1) is 13.8 Å². The highest BCUT2D eigenvalue weighted by Crippen LogP contribution is 2.27. The summed E-state index contributed by atoms with van der Waals surface area (Å²) in [6, 6.07) is 4.93. The van der Waals surface area contributed by atoms with Crippen LogP contribution in [0.4, 0.5) is 5.69 Å². The Bertz CT molecular complexity index is 679. The molecule has 2 rings (SSSR count). The van der Waals surface area contributed by atoms with E-state index in [4.69, 9.17) is 0 Å². The second-order valence-electron chi connectivity index (χ2n) is 6.41. The highest BCUT2D eigenvalue weighted by atomic mass is 32.2. The van der Waals surface area contributed by atoms with Crippen molar-refractivity contribution in [3.8, 4) is 0 Å². The first-order chi connectivity index (χ1) is 10.7. The zero-order valence-corrected chi connectivity index (χ0v) is 15.2. The molecule has 0 unspecified atom stereocenters. The van der Waals surface area contributed by atoms with Gasteiger partial charge < -0.3 is 4.90 Å². The minimum Gasteiger partial charge on any atom is -0.341 e. The number of aryl methyl sites for hydroxylation is 2. The lowest BCUT2D eigenvalue weighted by molar-refractivity contribution is -0.132. The van der Waals surface area contributed by atoms with Crippen LogP contribution in [0.1, 0.15) is 37.3 Å². The van der Waals surface area contributed by atoms with Crippen LogP contribution in [-0.4, -0.2) is 44.6 Å². The average molecular weight is 338 g/mol. The Hall–Kier alpha value is -1.56. The zero-order valence-electron chi connectivity index (χ0n) is 14.4. The van der Waals surface area contributed by atoms with Crippen molar-refractivity contribution in [2.45, 2.75) is 46.1 Å². The van der Waals surface area contributed by atoms with E-state index in [1.165, 1.54) is 4.31 Å². The van der Waals surface area contributed by atoms with E-state index in [1.807, 2.05) is 32.0 Å². The fourth-order valence-corrected chi connectivity index (χ4v) is 4.33. The van der Waals surface area contributed by atoms with Gasteiger partial charge in [0.25, 0.3) is 0 Å². The van der Waals surface area contributed by atoms with Gasteiger partial charge in [-0.25, -0.2) is 8.42 Å². The summed E-state index contributed by atoms with van der Waals surface area (Å²) >= 11 is 0. The summed E-state index contributed by atoms with van der Waals surface area (Å²) in [5, 5.41) is 0. The summed E-state index contributed by atoms with van der Waals surface area (Å²) in [5.74, 6) is -0.115. The van der Waals surface area contributed by atoms with E-state index in [0.717, 1.165) is 36.6 Å². The average Bonchev–Trinajstić information content (AvgIpc) is 2.49. The van der Waals surface area contributed by atoms with E-state index in [0.29, 0.717) is 18.8 Å². The second kappa shape index (κ2) is 6.91. The molecule has 0 bridgehead atoms. The number of carbonyl (C=O) groups excluding carboxylic acids is 1. The van der Waals surface area contributed by atoms with Crippen molar-refractivity contribution >= 4 is 21.6 Å². The third-order valence-electron chi connectivity index (χ3n) is 4.34. The summed E-state index contributed by atoms with van der Waals surface area (Å²) in [6.45, 7) is 6.90. The molecule has 0 spiro atoms. The standard InChI is InChI=1S/C17H26N2O3S/c1-13-8-9-14(2)16(12-13)19(23(4,21)22)15(3)17(20)18-10-6-5-7-11-18/h8-9,12,15H,5-7,10-11H2,1-4H3/t15-/m0/s1. The van der Waals surface area contributed by atoms with Crippen LogP contribution >= 0.6 is 0 Å². The summed E-state index contributed by atoms with van der Waals surface area (Å²) in [4.78, 5) is 14.6. The molecule has 1 fully saturated rings. The van der Waals surface area contributed by atoms with Crippen molar-refractivity contribution in [2.75, 3.05) is 23.7 Å². The number of amides is 1. The number of hydrogen-bond acceptors (Lipinski definition) is 3. The fourth-order valence-electron chi connectivity index (χ4n) is 3.11. The maximum absolute atomic E-state index is 12.8. The lowest BCUT2D eigenvalue weighted by Gasteiger charge is -2.35. The second-order valence-corrected chi connectivity index (χ2v) is 8.27. The van der Waals surface area contributed by atoms with E-state index in [2.05, 4.69) is 0 Å². The topological polar surface area (TPSA) is 57.7 Å².